The van der Waals surface area contributed by atoms with Crippen LogP contribution in [0.2, 0.25) is 0 Å². The lowest BCUT2D eigenvalue weighted by Crippen LogP contribution is -2.45. The van der Waals surface area contributed by atoms with Crippen LogP contribution < -0.4 is 10.6 Å². The normalized spacial score (nSPS) is 13.5. The van der Waals surface area contributed by atoms with Gasteiger partial charge in [0.05, 0.1) is 6.17 Å². The van der Waals surface area contributed by atoms with E-state index in [9.17, 15) is 19.2 Å². The number of carbonyl (C=O) groups is 4. The highest BCUT2D eigenvalue weighted by atomic mass is 16.4. The Bertz CT molecular complexity index is 1270. The minimum Gasteiger partial charge on any atom is -0.481 e. The molecule has 8 heteroatoms. The number of nitrogens with one attached hydrogen (secondary N) is 2. The highest BCUT2D eigenvalue weighted by Crippen LogP contribution is 2.36. The van der Waals surface area contributed by atoms with E-state index in [0.29, 0.717) is 25.7 Å². The van der Waals surface area contributed by atoms with Crippen LogP contribution in [0, 0.1) is 23.7 Å². The van der Waals surface area contributed by atoms with Gasteiger partial charge in [0.2, 0.25) is 11.8 Å². The molecule has 4 unspecified atom stereocenters. The molecule has 0 saturated heterocycles. The molecule has 0 aromatic carbocycles. The topological polar surface area (TPSA) is 133 Å². The third kappa shape index (κ3) is 57.0. The van der Waals surface area contributed by atoms with Gasteiger partial charge in [-0.05, 0) is 56.3 Å². The molecule has 4 atom stereocenters. The van der Waals surface area contributed by atoms with Gasteiger partial charge in [-0.2, -0.15) is 0 Å². The van der Waals surface area contributed by atoms with Crippen LogP contribution in [0.5, 0.6) is 0 Å². The molecule has 0 aliphatic rings. The van der Waals surface area contributed by atoms with Crippen molar-refractivity contribution in [2.45, 2.75) is 426 Å². The number of carboxylic acid groups (broad SMARTS) is 2. The third-order valence-corrected chi connectivity index (χ3v) is 18.7. The standard InChI is InChI=1S/C74H144N2O6/c1-6-10-14-18-30-42-54-67(69(56-44-32-20-16-12-8-3)60-48-36-24-28-40-52-64-73(79)80)58-46-34-22-26-38-50-62-71(77)75-66(5)76-72(78)63-51-39-27-23-35-47-59-68(55-43-31-19-15-11-7-2)70(57-45-33-21-17-13-9-4)61-49-37-25-29-41-53-65-74(81)82/h66-70H,6-65H2,1-5H3,(H,75,77)(H,76,78)(H,79,80)(H,81,82). The molecule has 0 aromatic heterocycles. The first kappa shape index (κ1) is 79.9. The number of unbranched alkanes of at least 4 members (excludes halogenated alkanes) is 40. The first-order valence-corrected chi connectivity index (χ1v) is 37.1. The Morgan fingerprint density at radius 3 is 0.585 bits per heavy atom. The number of amides is 2. The smallest absolute Gasteiger partial charge is 0.303 e. The Morgan fingerprint density at radius 2 is 0.402 bits per heavy atom. The molecule has 0 spiro atoms. The highest BCUT2D eigenvalue weighted by Gasteiger charge is 2.23. The Morgan fingerprint density at radius 1 is 0.244 bits per heavy atom. The molecule has 486 valence electrons. The molecule has 0 rings (SSSR count). The summed E-state index contributed by atoms with van der Waals surface area (Å²) in [5.74, 6) is 2.17. The van der Waals surface area contributed by atoms with Crippen LogP contribution in [0.25, 0.3) is 0 Å². The summed E-state index contributed by atoms with van der Waals surface area (Å²) in [5, 5.41) is 24.1. The summed E-state index contributed by atoms with van der Waals surface area (Å²) in [7, 11) is 0. The molecule has 0 aliphatic carbocycles. The monoisotopic (exact) mass is 1160 g/mol. The fraction of sp³-hybridized carbons (Fsp3) is 0.946. The predicted octanol–water partition coefficient (Wildman–Crippen LogP) is 23.7. The quantitative estimate of drug-likeness (QED) is 0.0354. The fourth-order valence-corrected chi connectivity index (χ4v) is 13.5. The van der Waals surface area contributed by atoms with Crippen molar-refractivity contribution in [1.82, 2.24) is 10.6 Å². The van der Waals surface area contributed by atoms with E-state index < -0.39 is 11.9 Å². The van der Waals surface area contributed by atoms with Gasteiger partial charge < -0.3 is 20.8 Å². The number of carboxylic acids is 2. The fourth-order valence-electron chi connectivity index (χ4n) is 13.5. The summed E-state index contributed by atoms with van der Waals surface area (Å²) in [4.78, 5) is 47.6. The average molecular weight is 1160 g/mol. The highest BCUT2D eigenvalue weighted by molar-refractivity contribution is 5.79. The van der Waals surface area contributed by atoms with Crippen molar-refractivity contribution in [2.75, 3.05) is 0 Å². The molecule has 8 nitrogen and oxygen atoms in total. The minimum absolute atomic E-state index is 0.0459. The van der Waals surface area contributed by atoms with Crippen molar-refractivity contribution in [1.29, 1.82) is 0 Å². The minimum atomic E-state index is -0.663. The number of carbonyl (C=O) groups excluding carboxylic acids is 2. The summed E-state index contributed by atoms with van der Waals surface area (Å²) in [5.41, 5.74) is 0. The van der Waals surface area contributed by atoms with E-state index in [4.69, 9.17) is 10.2 Å². The second-order valence-electron chi connectivity index (χ2n) is 26.6. The zero-order chi connectivity index (χ0) is 60.0. The lowest BCUT2D eigenvalue weighted by molar-refractivity contribution is -0.138. The third-order valence-electron chi connectivity index (χ3n) is 18.7. The molecule has 4 N–H and O–H groups in total. The number of hydrogen-bond donors (Lipinski definition) is 4. The molecular formula is C74H144N2O6. The van der Waals surface area contributed by atoms with Gasteiger partial charge in [0.25, 0.3) is 0 Å². The van der Waals surface area contributed by atoms with Gasteiger partial charge in [-0.15, -0.1) is 0 Å². The SMILES string of the molecule is CCCCCCCCC(CCCCCCCCC(=O)O)C(CCCCCCCC)CCCCCCCCC(=O)NC(C)NC(=O)CCCCCCCCC(CCCCCCCC)C(CCCCCCCC)CCCCCCCCC(=O)O. The summed E-state index contributed by atoms with van der Waals surface area (Å²) in [6.07, 6.45) is 73.4. The molecule has 0 heterocycles. The summed E-state index contributed by atoms with van der Waals surface area (Å²) >= 11 is 0. The zero-order valence-electron chi connectivity index (χ0n) is 55.8. The van der Waals surface area contributed by atoms with E-state index in [1.807, 2.05) is 6.92 Å². The Hall–Kier alpha value is -2.12. The van der Waals surface area contributed by atoms with Crippen molar-refractivity contribution in [3.8, 4) is 0 Å². The lowest BCUT2D eigenvalue weighted by Gasteiger charge is -2.28. The van der Waals surface area contributed by atoms with Crippen LogP contribution in [-0.4, -0.2) is 40.1 Å². The van der Waals surface area contributed by atoms with E-state index >= 15 is 0 Å². The average Bonchev–Trinajstić information content (AvgIpc) is 3.46. The molecule has 0 saturated carbocycles. The largest absolute Gasteiger partial charge is 0.481 e. The van der Waals surface area contributed by atoms with Crippen molar-refractivity contribution in [3.63, 3.8) is 0 Å². The number of aliphatic carboxylic acids is 2. The summed E-state index contributed by atoms with van der Waals surface area (Å²) in [6, 6.07) is 0. The Balaban J connectivity index is 4.80. The second-order valence-corrected chi connectivity index (χ2v) is 26.6. The van der Waals surface area contributed by atoms with Gasteiger partial charge in [-0.3, -0.25) is 19.2 Å². The molecule has 82 heavy (non-hydrogen) atoms. The maximum absolute atomic E-state index is 12.9. The van der Waals surface area contributed by atoms with E-state index in [-0.39, 0.29) is 18.0 Å². The van der Waals surface area contributed by atoms with Crippen molar-refractivity contribution < 1.29 is 29.4 Å². The Kier molecular flexibility index (Phi) is 61.7. The molecule has 0 aliphatic heterocycles. The summed E-state index contributed by atoms with van der Waals surface area (Å²) < 4.78 is 0. The van der Waals surface area contributed by atoms with Crippen LogP contribution >= 0.6 is 0 Å². The van der Waals surface area contributed by atoms with Crippen LogP contribution in [0.4, 0.5) is 0 Å². The number of rotatable bonds is 68. The van der Waals surface area contributed by atoms with Crippen molar-refractivity contribution in [2.24, 2.45) is 23.7 Å². The first-order chi connectivity index (χ1) is 40.1. The van der Waals surface area contributed by atoms with Crippen molar-refractivity contribution >= 4 is 23.8 Å². The summed E-state index contributed by atoms with van der Waals surface area (Å²) in [6.45, 7) is 11.1. The number of hydrogen-bond acceptors (Lipinski definition) is 4. The van der Waals surface area contributed by atoms with Gasteiger partial charge in [0.15, 0.2) is 0 Å². The van der Waals surface area contributed by atoms with E-state index in [1.165, 1.54) is 308 Å². The van der Waals surface area contributed by atoms with Gasteiger partial charge >= 0.3 is 11.9 Å². The van der Waals surface area contributed by atoms with Gasteiger partial charge in [0.1, 0.15) is 0 Å². The van der Waals surface area contributed by atoms with Crippen LogP contribution in [-0.2, 0) is 19.2 Å². The predicted molar refractivity (Wildman–Crippen MR) is 355 cm³/mol. The molecule has 0 aromatic rings. The van der Waals surface area contributed by atoms with E-state index in [0.717, 1.165) is 75.0 Å². The lowest BCUT2D eigenvalue weighted by atomic mass is 9.78. The molecule has 0 bridgehead atoms. The van der Waals surface area contributed by atoms with Crippen LogP contribution in [0.15, 0.2) is 0 Å². The van der Waals surface area contributed by atoms with Gasteiger partial charge in [-0.25, -0.2) is 0 Å². The molecule has 0 radical (unpaired) electrons. The van der Waals surface area contributed by atoms with Gasteiger partial charge in [-0.1, -0.05) is 362 Å². The maximum Gasteiger partial charge on any atom is 0.303 e. The maximum atomic E-state index is 12.9. The van der Waals surface area contributed by atoms with Gasteiger partial charge in [0, 0.05) is 25.7 Å². The Labute approximate surface area is 511 Å². The molecular weight excluding hydrogens is 1010 g/mol. The molecule has 2 amide bonds. The van der Waals surface area contributed by atoms with E-state index in [1.54, 1.807) is 0 Å². The molecule has 0 fully saturated rings. The van der Waals surface area contributed by atoms with Crippen LogP contribution in [0.1, 0.15) is 420 Å². The van der Waals surface area contributed by atoms with Crippen LogP contribution in [0.3, 0.4) is 0 Å². The second kappa shape index (κ2) is 63.4. The zero-order valence-corrected chi connectivity index (χ0v) is 55.8. The van der Waals surface area contributed by atoms with Crippen molar-refractivity contribution in [3.05, 3.63) is 0 Å². The van der Waals surface area contributed by atoms with E-state index in [2.05, 4.69) is 38.3 Å². The first-order valence-electron chi connectivity index (χ1n) is 37.1.